The number of piperidine rings is 1. The SMILES string of the molecule is CC1(CN)CCN(c2nccn(C(C)(C)C)c2=O)CC1. The molecule has 0 bridgehead atoms. The summed E-state index contributed by atoms with van der Waals surface area (Å²) in [4.78, 5) is 19.0. The smallest absolute Gasteiger partial charge is 0.293 e. The van der Waals surface area contributed by atoms with Gasteiger partial charge in [0.05, 0.1) is 0 Å². The molecule has 1 aromatic rings. The first-order valence-corrected chi connectivity index (χ1v) is 7.30. The van der Waals surface area contributed by atoms with Crippen LogP contribution in [-0.4, -0.2) is 29.2 Å². The van der Waals surface area contributed by atoms with Crippen LogP contribution >= 0.6 is 0 Å². The summed E-state index contributed by atoms with van der Waals surface area (Å²) in [5.41, 5.74) is 5.81. The Hall–Kier alpha value is -1.36. The van der Waals surface area contributed by atoms with Gasteiger partial charge < -0.3 is 15.2 Å². The quantitative estimate of drug-likeness (QED) is 0.891. The second kappa shape index (κ2) is 5.20. The first kappa shape index (κ1) is 15.0. The van der Waals surface area contributed by atoms with Crippen molar-refractivity contribution in [1.82, 2.24) is 9.55 Å². The Morgan fingerprint density at radius 1 is 1.35 bits per heavy atom. The van der Waals surface area contributed by atoms with E-state index in [9.17, 15) is 4.79 Å². The van der Waals surface area contributed by atoms with Crippen molar-refractivity contribution in [3.63, 3.8) is 0 Å². The molecule has 1 aliphatic heterocycles. The van der Waals surface area contributed by atoms with E-state index in [0.717, 1.165) is 25.9 Å². The Morgan fingerprint density at radius 3 is 2.45 bits per heavy atom. The third kappa shape index (κ3) is 2.87. The van der Waals surface area contributed by atoms with Crippen LogP contribution in [0.15, 0.2) is 17.2 Å². The molecule has 0 radical (unpaired) electrons. The van der Waals surface area contributed by atoms with Gasteiger partial charge in [-0.05, 0) is 45.6 Å². The summed E-state index contributed by atoms with van der Waals surface area (Å²) in [6, 6.07) is 0. The molecular formula is C15H26N4O. The van der Waals surface area contributed by atoms with Crippen LogP contribution in [0.5, 0.6) is 0 Å². The van der Waals surface area contributed by atoms with E-state index in [2.05, 4.69) is 16.8 Å². The second-order valence-electron chi connectivity index (χ2n) is 7.10. The molecule has 0 atom stereocenters. The topological polar surface area (TPSA) is 64.2 Å². The molecule has 1 fully saturated rings. The molecule has 0 unspecified atom stereocenters. The summed E-state index contributed by atoms with van der Waals surface area (Å²) < 4.78 is 1.76. The zero-order valence-corrected chi connectivity index (χ0v) is 13.0. The first-order valence-electron chi connectivity index (χ1n) is 7.30. The van der Waals surface area contributed by atoms with Gasteiger partial charge >= 0.3 is 0 Å². The van der Waals surface area contributed by atoms with Crippen molar-refractivity contribution in [2.24, 2.45) is 11.1 Å². The van der Waals surface area contributed by atoms with Crippen LogP contribution in [0.3, 0.4) is 0 Å². The molecule has 5 nitrogen and oxygen atoms in total. The van der Waals surface area contributed by atoms with Gasteiger partial charge in [-0.3, -0.25) is 4.79 Å². The Balaban J connectivity index is 2.26. The van der Waals surface area contributed by atoms with Gasteiger partial charge in [0.25, 0.3) is 5.56 Å². The summed E-state index contributed by atoms with van der Waals surface area (Å²) in [7, 11) is 0. The van der Waals surface area contributed by atoms with Gasteiger partial charge in [-0.2, -0.15) is 0 Å². The molecule has 2 rings (SSSR count). The van der Waals surface area contributed by atoms with Crippen molar-refractivity contribution in [3.8, 4) is 0 Å². The number of nitrogens with zero attached hydrogens (tertiary/aromatic N) is 3. The van der Waals surface area contributed by atoms with E-state index >= 15 is 0 Å². The summed E-state index contributed by atoms with van der Waals surface area (Å²) in [6.45, 7) is 10.7. The monoisotopic (exact) mass is 278 g/mol. The van der Waals surface area contributed by atoms with Gasteiger partial charge in [-0.1, -0.05) is 6.92 Å². The molecule has 1 saturated heterocycles. The lowest BCUT2D eigenvalue weighted by atomic mass is 9.80. The number of nitrogens with two attached hydrogens (primary N) is 1. The highest BCUT2D eigenvalue weighted by Gasteiger charge is 2.30. The first-order chi connectivity index (χ1) is 9.27. The zero-order valence-electron chi connectivity index (χ0n) is 13.0. The van der Waals surface area contributed by atoms with Crippen LogP contribution in [0.25, 0.3) is 0 Å². The summed E-state index contributed by atoms with van der Waals surface area (Å²) >= 11 is 0. The van der Waals surface area contributed by atoms with Crippen LogP contribution < -0.4 is 16.2 Å². The molecule has 0 spiro atoms. The molecule has 112 valence electrons. The minimum Gasteiger partial charge on any atom is -0.352 e. The van der Waals surface area contributed by atoms with Crippen molar-refractivity contribution in [2.45, 2.75) is 46.1 Å². The van der Waals surface area contributed by atoms with Gasteiger partial charge in [-0.25, -0.2) is 4.98 Å². The number of hydrogen-bond acceptors (Lipinski definition) is 4. The van der Waals surface area contributed by atoms with Gasteiger partial charge in [0.2, 0.25) is 0 Å². The van der Waals surface area contributed by atoms with E-state index < -0.39 is 0 Å². The average Bonchev–Trinajstić information content (AvgIpc) is 2.39. The second-order valence-corrected chi connectivity index (χ2v) is 7.10. The molecule has 5 heteroatoms. The maximum absolute atomic E-state index is 12.6. The fourth-order valence-electron chi connectivity index (χ4n) is 2.61. The van der Waals surface area contributed by atoms with Gasteiger partial charge in [-0.15, -0.1) is 0 Å². The molecule has 1 aromatic heterocycles. The van der Waals surface area contributed by atoms with Crippen LogP contribution in [-0.2, 0) is 5.54 Å². The normalized spacial score (nSPS) is 19.1. The number of rotatable bonds is 2. The maximum atomic E-state index is 12.6. The molecule has 20 heavy (non-hydrogen) atoms. The molecule has 2 N–H and O–H groups in total. The highest BCUT2D eigenvalue weighted by molar-refractivity contribution is 5.36. The zero-order chi connectivity index (χ0) is 15.0. The minimum absolute atomic E-state index is 0.00338. The lowest BCUT2D eigenvalue weighted by Gasteiger charge is -2.39. The van der Waals surface area contributed by atoms with E-state index in [0.29, 0.717) is 12.4 Å². The summed E-state index contributed by atoms with van der Waals surface area (Å²) in [6.07, 6.45) is 5.50. The Bertz CT molecular complexity index is 521. The van der Waals surface area contributed by atoms with E-state index in [1.54, 1.807) is 17.0 Å². The van der Waals surface area contributed by atoms with E-state index in [1.165, 1.54) is 0 Å². The number of aromatic nitrogens is 2. The lowest BCUT2D eigenvalue weighted by molar-refractivity contribution is 0.257. The van der Waals surface area contributed by atoms with Crippen LogP contribution in [0.1, 0.15) is 40.5 Å². The van der Waals surface area contributed by atoms with Crippen molar-refractivity contribution in [2.75, 3.05) is 24.5 Å². The predicted octanol–water partition coefficient (Wildman–Crippen LogP) is 1.56. The average molecular weight is 278 g/mol. The minimum atomic E-state index is -0.226. The van der Waals surface area contributed by atoms with Crippen molar-refractivity contribution in [1.29, 1.82) is 0 Å². The molecular weight excluding hydrogens is 252 g/mol. The van der Waals surface area contributed by atoms with Crippen molar-refractivity contribution < 1.29 is 0 Å². The third-order valence-corrected chi connectivity index (χ3v) is 4.31. The number of anilines is 1. The van der Waals surface area contributed by atoms with Gasteiger partial charge in [0, 0.05) is 31.0 Å². The Kier molecular flexibility index (Phi) is 3.91. The third-order valence-electron chi connectivity index (χ3n) is 4.31. The number of hydrogen-bond donors (Lipinski definition) is 1. The standard InChI is InChI=1S/C15H26N4O/c1-14(2,3)19-10-7-17-12(13(19)20)18-8-5-15(4,11-16)6-9-18/h7,10H,5-6,8-9,11,16H2,1-4H3. The molecule has 0 aromatic carbocycles. The highest BCUT2D eigenvalue weighted by Crippen LogP contribution is 2.30. The molecule has 0 saturated carbocycles. The van der Waals surface area contributed by atoms with Crippen molar-refractivity contribution in [3.05, 3.63) is 22.7 Å². The largest absolute Gasteiger partial charge is 0.352 e. The van der Waals surface area contributed by atoms with Crippen molar-refractivity contribution >= 4 is 5.82 Å². The molecule has 2 heterocycles. The van der Waals surface area contributed by atoms with E-state index in [4.69, 9.17) is 5.73 Å². The fraction of sp³-hybridized carbons (Fsp3) is 0.733. The Morgan fingerprint density at radius 2 is 1.95 bits per heavy atom. The summed E-state index contributed by atoms with van der Waals surface area (Å²) in [5.74, 6) is 0.571. The van der Waals surface area contributed by atoms with Crippen LogP contribution in [0.2, 0.25) is 0 Å². The molecule has 1 aliphatic rings. The van der Waals surface area contributed by atoms with E-state index in [-0.39, 0.29) is 16.5 Å². The molecule has 0 aliphatic carbocycles. The fourth-order valence-corrected chi connectivity index (χ4v) is 2.61. The van der Waals surface area contributed by atoms with Gasteiger partial charge in [0.1, 0.15) is 0 Å². The highest BCUT2D eigenvalue weighted by atomic mass is 16.1. The predicted molar refractivity (Wildman–Crippen MR) is 82.1 cm³/mol. The van der Waals surface area contributed by atoms with Crippen LogP contribution in [0, 0.1) is 5.41 Å². The summed E-state index contributed by atoms with van der Waals surface area (Å²) in [5, 5.41) is 0. The lowest BCUT2D eigenvalue weighted by Crippen LogP contribution is -2.46. The van der Waals surface area contributed by atoms with Crippen LogP contribution in [0.4, 0.5) is 5.82 Å². The van der Waals surface area contributed by atoms with Gasteiger partial charge in [0.15, 0.2) is 5.82 Å². The molecule has 0 amide bonds. The Labute approximate surface area is 120 Å². The maximum Gasteiger partial charge on any atom is 0.293 e. The van der Waals surface area contributed by atoms with E-state index in [1.807, 2.05) is 20.8 Å².